The van der Waals surface area contributed by atoms with E-state index in [2.05, 4.69) is 22.9 Å². The molecular formula is C15H25BrN2O3. The van der Waals surface area contributed by atoms with Crippen LogP contribution in [0.25, 0.3) is 0 Å². The van der Waals surface area contributed by atoms with Crippen LogP contribution >= 0.6 is 15.9 Å². The monoisotopic (exact) mass is 360 g/mol. The van der Waals surface area contributed by atoms with Crippen LogP contribution in [0.1, 0.15) is 30.3 Å². The Labute approximate surface area is 135 Å². The molecule has 0 fully saturated rings. The van der Waals surface area contributed by atoms with E-state index in [0.29, 0.717) is 26.3 Å². The number of amides is 1. The number of ether oxygens (including phenoxy) is 2. The molecule has 0 aliphatic carbocycles. The quantitative estimate of drug-likeness (QED) is 0.602. The van der Waals surface area contributed by atoms with Crippen LogP contribution in [0.5, 0.6) is 0 Å². The van der Waals surface area contributed by atoms with E-state index in [1.807, 2.05) is 21.7 Å². The summed E-state index contributed by atoms with van der Waals surface area (Å²) in [4.78, 5) is 14.6. The lowest BCUT2D eigenvalue weighted by Crippen LogP contribution is -2.36. The molecule has 21 heavy (non-hydrogen) atoms. The van der Waals surface area contributed by atoms with Crippen molar-refractivity contribution in [2.45, 2.75) is 26.3 Å². The minimum atomic E-state index is 0.0438. The molecule has 0 unspecified atom stereocenters. The molecule has 1 amide bonds. The SMILES string of the molecule is CCCn1cc(Br)cc1C(=O)N(CCCOC)CCOC. The van der Waals surface area contributed by atoms with Crippen LogP contribution < -0.4 is 0 Å². The molecule has 1 heterocycles. The molecule has 5 nitrogen and oxygen atoms in total. The van der Waals surface area contributed by atoms with Crippen LogP contribution in [0, 0.1) is 0 Å². The maximum Gasteiger partial charge on any atom is 0.270 e. The van der Waals surface area contributed by atoms with Crippen molar-refractivity contribution in [3.63, 3.8) is 0 Å². The Kier molecular flexibility index (Phi) is 8.64. The lowest BCUT2D eigenvalue weighted by molar-refractivity contribution is 0.0663. The molecule has 0 aromatic carbocycles. The van der Waals surface area contributed by atoms with Gasteiger partial charge < -0.3 is 18.9 Å². The summed E-state index contributed by atoms with van der Waals surface area (Å²) in [5.74, 6) is 0.0438. The molecular weight excluding hydrogens is 336 g/mol. The van der Waals surface area contributed by atoms with Gasteiger partial charge in [-0.05, 0) is 34.8 Å². The Morgan fingerprint density at radius 1 is 1.29 bits per heavy atom. The molecule has 0 spiro atoms. The fourth-order valence-corrected chi connectivity index (χ4v) is 2.62. The molecule has 0 aliphatic rings. The van der Waals surface area contributed by atoms with Crippen LogP contribution in [0.2, 0.25) is 0 Å². The van der Waals surface area contributed by atoms with Gasteiger partial charge in [0.25, 0.3) is 5.91 Å². The van der Waals surface area contributed by atoms with Crippen molar-refractivity contribution in [1.29, 1.82) is 0 Å². The maximum atomic E-state index is 12.7. The highest BCUT2D eigenvalue weighted by Gasteiger charge is 2.19. The van der Waals surface area contributed by atoms with Gasteiger partial charge in [0.1, 0.15) is 5.69 Å². The molecule has 0 saturated carbocycles. The van der Waals surface area contributed by atoms with Gasteiger partial charge in [-0.15, -0.1) is 0 Å². The van der Waals surface area contributed by atoms with Gasteiger partial charge in [-0.3, -0.25) is 4.79 Å². The molecule has 0 N–H and O–H groups in total. The van der Waals surface area contributed by atoms with Crippen molar-refractivity contribution in [3.8, 4) is 0 Å². The second-order valence-electron chi connectivity index (χ2n) is 4.87. The topological polar surface area (TPSA) is 43.7 Å². The largest absolute Gasteiger partial charge is 0.385 e. The summed E-state index contributed by atoms with van der Waals surface area (Å²) >= 11 is 3.45. The third-order valence-corrected chi connectivity index (χ3v) is 3.61. The van der Waals surface area contributed by atoms with Gasteiger partial charge in [0, 0.05) is 51.1 Å². The van der Waals surface area contributed by atoms with Gasteiger partial charge in [-0.2, -0.15) is 0 Å². The first-order chi connectivity index (χ1) is 10.1. The summed E-state index contributed by atoms with van der Waals surface area (Å²) < 4.78 is 13.1. The second-order valence-corrected chi connectivity index (χ2v) is 5.78. The average Bonchev–Trinajstić information content (AvgIpc) is 2.83. The first-order valence-corrected chi connectivity index (χ1v) is 8.06. The smallest absolute Gasteiger partial charge is 0.270 e. The molecule has 0 radical (unpaired) electrons. The molecule has 1 aromatic rings. The minimum Gasteiger partial charge on any atom is -0.385 e. The highest BCUT2D eigenvalue weighted by atomic mass is 79.9. The van der Waals surface area contributed by atoms with Crippen LogP contribution in [-0.4, -0.2) is 55.9 Å². The Balaban J connectivity index is 2.82. The number of carbonyl (C=O) groups excluding carboxylic acids is 1. The third kappa shape index (κ3) is 5.80. The fraction of sp³-hybridized carbons (Fsp3) is 0.667. The number of aromatic nitrogens is 1. The number of carbonyl (C=O) groups is 1. The van der Waals surface area contributed by atoms with Crippen molar-refractivity contribution >= 4 is 21.8 Å². The van der Waals surface area contributed by atoms with E-state index < -0.39 is 0 Å². The lowest BCUT2D eigenvalue weighted by atomic mass is 10.3. The van der Waals surface area contributed by atoms with Gasteiger partial charge in [0.2, 0.25) is 0 Å². The van der Waals surface area contributed by atoms with E-state index in [-0.39, 0.29) is 5.91 Å². The highest BCUT2D eigenvalue weighted by Crippen LogP contribution is 2.17. The number of methoxy groups -OCH3 is 2. The van der Waals surface area contributed by atoms with Crippen molar-refractivity contribution in [2.75, 3.05) is 40.5 Å². The summed E-state index contributed by atoms with van der Waals surface area (Å²) in [5, 5.41) is 0. The van der Waals surface area contributed by atoms with E-state index in [4.69, 9.17) is 9.47 Å². The van der Waals surface area contributed by atoms with E-state index in [1.54, 1.807) is 14.2 Å². The molecule has 120 valence electrons. The number of aryl methyl sites for hydroxylation is 1. The van der Waals surface area contributed by atoms with Crippen LogP contribution in [0.4, 0.5) is 0 Å². The number of hydrogen-bond donors (Lipinski definition) is 0. The number of hydrogen-bond acceptors (Lipinski definition) is 3. The molecule has 0 atom stereocenters. The summed E-state index contributed by atoms with van der Waals surface area (Å²) in [5.41, 5.74) is 0.720. The van der Waals surface area contributed by atoms with Crippen molar-refractivity contribution < 1.29 is 14.3 Å². The standard InChI is InChI=1S/C15H25BrN2O3/c1-4-6-18-12-13(16)11-14(18)15(19)17(8-10-21-3)7-5-9-20-2/h11-12H,4-10H2,1-3H3. The molecule has 0 bridgehead atoms. The minimum absolute atomic E-state index is 0.0438. The van der Waals surface area contributed by atoms with Crippen molar-refractivity contribution in [1.82, 2.24) is 9.47 Å². The summed E-state index contributed by atoms with van der Waals surface area (Å²) in [7, 11) is 3.32. The van der Waals surface area contributed by atoms with Gasteiger partial charge in [0.15, 0.2) is 0 Å². The Hall–Kier alpha value is -0.850. The predicted molar refractivity (Wildman–Crippen MR) is 86.7 cm³/mol. The maximum absolute atomic E-state index is 12.7. The Morgan fingerprint density at radius 3 is 2.62 bits per heavy atom. The second kappa shape index (κ2) is 9.97. The zero-order chi connectivity index (χ0) is 15.7. The lowest BCUT2D eigenvalue weighted by Gasteiger charge is -2.23. The zero-order valence-corrected chi connectivity index (χ0v) is 14.7. The molecule has 6 heteroatoms. The third-order valence-electron chi connectivity index (χ3n) is 3.18. The van der Waals surface area contributed by atoms with E-state index in [1.165, 1.54) is 0 Å². The van der Waals surface area contributed by atoms with Gasteiger partial charge in [-0.1, -0.05) is 6.92 Å². The van der Waals surface area contributed by atoms with E-state index in [9.17, 15) is 4.79 Å². The molecule has 1 rings (SSSR count). The summed E-state index contributed by atoms with van der Waals surface area (Å²) in [6, 6.07) is 1.88. The van der Waals surface area contributed by atoms with Crippen molar-refractivity contribution in [2.24, 2.45) is 0 Å². The van der Waals surface area contributed by atoms with Crippen LogP contribution in [0.15, 0.2) is 16.7 Å². The molecule has 1 aromatic heterocycles. The van der Waals surface area contributed by atoms with Crippen LogP contribution in [0.3, 0.4) is 0 Å². The highest BCUT2D eigenvalue weighted by molar-refractivity contribution is 9.10. The molecule has 0 saturated heterocycles. The Morgan fingerprint density at radius 2 is 2.00 bits per heavy atom. The summed E-state index contributed by atoms with van der Waals surface area (Å²) in [6.07, 6.45) is 3.77. The first kappa shape index (κ1) is 18.2. The first-order valence-electron chi connectivity index (χ1n) is 7.26. The molecule has 0 aliphatic heterocycles. The van der Waals surface area contributed by atoms with Gasteiger partial charge in [0.05, 0.1) is 6.61 Å². The van der Waals surface area contributed by atoms with Crippen LogP contribution in [-0.2, 0) is 16.0 Å². The van der Waals surface area contributed by atoms with Crippen molar-refractivity contribution in [3.05, 3.63) is 22.4 Å². The number of halogens is 1. The average molecular weight is 361 g/mol. The van der Waals surface area contributed by atoms with Gasteiger partial charge >= 0.3 is 0 Å². The Bertz CT molecular complexity index is 435. The van der Waals surface area contributed by atoms with E-state index in [0.717, 1.165) is 29.6 Å². The predicted octanol–water partition coefficient (Wildman–Crippen LogP) is 2.79. The van der Waals surface area contributed by atoms with E-state index >= 15 is 0 Å². The fourth-order valence-electron chi connectivity index (χ4n) is 2.16. The zero-order valence-electron chi connectivity index (χ0n) is 13.1. The summed E-state index contributed by atoms with van der Waals surface area (Å²) in [6.45, 7) is 5.38. The van der Waals surface area contributed by atoms with Gasteiger partial charge in [-0.25, -0.2) is 0 Å². The number of rotatable bonds is 10. The normalized spacial score (nSPS) is 10.9. The number of nitrogens with zero attached hydrogens (tertiary/aromatic N) is 2.